The average molecular weight is 183 g/mol. The van der Waals surface area contributed by atoms with Gasteiger partial charge in [-0.2, -0.15) is 0 Å². The van der Waals surface area contributed by atoms with Crippen molar-refractivity contribution in [3.63, 3.8) is 0 Å². The molecule has 1 unspecified atom stereocenters. The van der Waals surface area contributed by atoms with E-state index in [0.29, 0.717) is 0 Å². The summed E-state index contributed by atoms with van der Waals surface area (Å²) in [6.07, 6.45) is 5.48. The highest BCUT2D eigenvalue weighted by atomic mass is 32.2. The minimum atomic E-state index is 0.837. The zero-order chi connectivity index (χ0) is 8.97. The third-order valence-corrected chi connectivity index (χ3v) is 2.63. The van der Waals surface area contributed by atoms with Crippen LogP contribution in [0.1, 0.15) is 13.3 Å². The van der Waals surface area contributed by atoms with E-state index >= 15 is 0 Å². The molecule has 1 aliphatic rings. The maximum Gasteiger partial charge on any atom is 0.0298 e. The van der Waals surface area contributed by atoms with Crippen LogP contribution in [-0.4, -0.2) is 24.2 Å². The SMILES string of the molecule is C=C(/C=C\SC)N1CCC(C)C1. The van der Waals surface area contributed by atoms with Crippen molar-refractivity contribution in [3.05, 3.63) is 23.8 Å². The third-order valence-electron chi connectivity index (χ3n) is 2.23. The lowest BCUT2D eigenvalue weighted by molar-refractivity contribution is 0.425. The Hall–Kier alpha value is -0.370. The van der Waals surface area contributed by atoms with Crippen LogP contribution in [0.3, 0.4) is 0 Å². The molecule has 1 atom stereocenters. The second-order valence-electron chi connectivity index (χ2n) is 3.37. The first kappa shape index (κ1) is 9.72. The Morgan fingerprint density at radius 1 is 1.67 bits per heavy atom. The monoisotopic (exact) mass is 183 g/mol. The molecule has 0 radical (unpaired) electrons. The third kappa shape index (κ3) is 2.59. The number of hydrogen-bond acceptors (Lipinski definition) is 2. The Balaban J connectivity index is 2.38. The van der Waals surface area contributed by atoms with E-state index in [9.17, 15) is 0 Å². The van der Waals surface area contributed by atoms with E-state index in [-0.39, 0.29) is 0 Å². The number of likely N-dealkylation sites (tertiary alicyclic amines) is 1. The molecule has 1 heterocycles. The van der Waals surface area contributed by atoms with Crippen LogP contribution in [0.5, 0.6) is 0 Å². The Morgan fingerprint density at radius 3 is 2.92 bits per heavy atom. The summed E-state index contributed by atoms with van der Waals surface area (Å²) in [7, 11) is 0. The van der Waals surface area contributed by atoms with Gasteiger partial charge < -0.3 is 4.90 Å². The number of hydrogen-bond donors (Lipinski definition) is 0. The van der Waals surface area contributed by atoms with Crippen molar-refractivity contribution < 1.29 is 0 Å². The van der Waals surface area contributed by atoms with Crippen LogP contribution in [0, 0.1) is 5.92 Å². The summed E-state index contributed by atoms with van der Waals surface area (Å²) < 4.78 is 0. The number of allylic oxidation sites excluding steroid dienone is 1. The van der Waals surface area contributed by atoms with Crippen LogP contribution in [0.4, 0.5) is 0 Å². The Labute approximate surface area is 79.5 Å². The van der Waals surface area contributed by atoms with Crippen LogP contribution in [0.25, 0.3) is 0 Å². The molecule has 1 saturated heterocycles. The van der Waals surface area contributed by atoms with Crippen molar-refractivity contribution in [2.45, 2.75) is 13.3 Å². The topological polar surface area (TPSA) is 3.24 Å². The highest BCUT2D eigenvalue weighted by molar-refractivity contribution is 8.01. The van der Waals surface area contributed by atoms with E-state index in [4.69, 9.17) is 0 Å². The lowest BCUT2D eigenvalue weighted by Gasteiger charge is -2.17. The summed E-state index contributed by atoms with van der Waals surface area (Å²) in [5.41, 5.74) is 1.16. The largest absolute Gasteiger partial charge is 0.372 e. The Kier molecular flexibility index (Phi) is 3.73. The minimum Gasteiger partial charge on any atom is -0.372 e. The Morgan fingerprint density at radius 2 is 2.42 bits per heavy atom. The van der Waals surface area contributed by atoms with E-state index in [0.717, 1.165) is 11.6 Å². The molecule has 0 aromatic rings. The molecule has 0 amide bonds. The molecular weight excluding hydrogens is 166 g/mol. The van der Waals surface area contributed by atoms with Crippen LogP contribution < -0.4 is 0 Å². The first-order valence-corrected chi connectivity index (χ1v) is 5.66. The van der Waals surface area contributed by atoms with Crippen molar-refractivity contribution in [2.75, 3.05) is 19.3 Å². The number of thioether (sulfide) groups is 1. The van der Waals surface area contributed by atoms with E-state index in [1.807, 2.05) is 0 Å². The molecule has 2 heteroatoms. The summed E-state index contributed by atoms with van der Waals surface area (Å²) in [6, 6.07) is 0. The van der Waals surface area contributed by atoms with Crippen LogP contribution in [0.2, 0.25) is 0 Å². The lowest BCUT2D eigenvalue weighted by atomic mass is 10.2. The smallest absolute Gasteiger partial charge is 0.0298 e. The van der Waals surface area contributed by atoms with Crippen LogP contribution in [-0.2, 0) is 0 Å². The molecular formula is C10H17NS. The highest BCUT2D eigenvalue weighted by Crippen LogP contribution is 2.19. The molecule has 1 aliphatic heterocycles. The van der Waals surface area contributed by atoms with Crippen molar-refractivity contribution in [2.24, 2.45) is 5.92 Å². The Bertz CT molecular complexity index is 186. The molecule has 0 bridgehead atoms. The van der Waals surface area contributed by atoms with Gasteiger partial charge in [0, 0.05) is 18.8 Å². The summed E-state index contributed by atoms with van der Waals surface area (Å²) >= 11 is 1.72. The fourth-order valence-electron chi connectivity index (χ4n) is 1.45. The van der Waals surface area contributed by atoms with E-state index in [1.54, 1.807) is 11.8 Å². The van der Waals surface area contributed by atoms with Gasteiger partial charge in [-0.25, -0.2) is 0 Å². The second-order valence-corrected chi connectivity index (χ2v) is 4.11. The predicted molar refractivity (Wildman–Crippen MR) is 57.1 cm³/mol. The molecule has 1 nitrogen and oxygen atoms in total. The molecule has 0 spiro atoms. The van der Waals surface area contributed by atoms with Gasteiger partial charge in [-0.1, -0.05) is 13.5 Å². The molecule has 0 saturated carbocycles. The van der Waals surface area contributed by atoms with Gasteiger partial charge in [0.1, 0.15) is 0 Å². The van der Waals surface area contributed by atoms with Crippen LogP contribution in [0.15, 0.2) is 23.8 Å². The first-order chi connectivity index (χ1) is 5.74. The van der Waals surface area contributed by atoms with Gasteiger partial charge >= 0.3 is 0 Å². The summed E-state index contributed by atoms with van der Waals surface area (Å²) in [5, 5.41) is 2.09. The lowest BCUT2D eigenvalue weighted by Crippen LogP contribution is -2.17. The standard InChI is InChI=1S/C10H17NS/c1-9-4-6-11(8-9)10(2)5-7-12-3/h5,7,9H,2,4,6,8H2,1,3H3/b7-5-. The predicted octanol–water partition coefficient (Wildman–Crippen LogP) is 2.72. The van der Waals surface area contributed by atoms with Gasteiger partial charge in [-0.15, -0.1) is 11.8 Å². The molecule has 1 rings (SSSR count). The average Bonchev–Trinajstić information content (AvgIpc) is 2.47. The fourth-order valence-corrected chi connectivity index (χ4v) is 1.74. The molecule has 12 heavy (non-hydrogen) atoms. The number of rotatable bonds is 3. The second kappa shape index (κ2) is 4.61. The molecule has 0 aromatic carbocycles. The zero-order valence-corrected chi connectivity index (χ0v) is 8.73. The summed E-state index contributed by atoms with van der Waals surface area (Å²) in [6.45, 7) is 8.69. The molecule has 68 valence electrons. The van der Waals surface area contributed by atoms with Crippen molar-refractivity contribution in [3.8, 4) is 0 Å². The molecule has 1 fully saturated rings. The summed E-state index contributed by atoms with van der Waals surface area (Å²) in [5.74, 6) is 0.837. The van der Waals surface area contributed by atoms with E-state index in [1.165, 1.54) is 19.5 Å². The summed E-state index contributed by atoms with van der Waals surface area (Å²) in [4.78, 5) is 2.36. The van der Waals surface area contributed by atoms with Crippen LogP contribution >= 0.6 is 11.8 Å². The van der Waals surface area contributed by atoms with E-state index in [2.05, 4.69) is 36.1 Å². The first-order valence-electron chi connectivity index (χ1n) is 4.37. The van der Waals surface area contributed by atoms with Crippen molar-refractivity contribution in [1.82, 2.24) is 4.90 Å². The van der Waals surface area contributed by atoms with Gasteiger partial charge in [0.15, 0.2) is 0 Å². The quantitative estimate of drug-likeness (QED) is 0.619. The van der Waals surface area contributed by atoms with Gasteiger partial charge in [0.05, 0.1) is 0 Å². The van der Waals surface area contributed by atoms with Gasteiger partial charge in [-0.05, 0) is 30.1 Å². The molecule has 0 aliphatic carbocycles. The van der Waals surface area contributed by atoms with E-state index < -0.39 is 0 Å². The number of nitrogens with zero attached hydrogens (tertiary/aromatic N) is 1. The maximum absolute atomic E-state index is 4.03. The van der Waals surface area contributed by atoms with Crippen molar-refractivity contribution in [1.29, 1.82) is 0 Å². The van der Waals surface area contributed by atoms with Gasteiger partial charge in [0.25, 0.3) is 0 Å². The zero-order valence-electron chi connectivity index (χ0n) is 7.92. The molecule has 0 aromatic heterocycles. The maximum atomic E-state index is 4.03. The van der Waals surface area contributed by atoms with Gasteiger partial charge in [0.2, 0.25) is 0 Å². The van der Waals surface area contributed by atoms with Crippen molar-refractivity contribution >= 4 is 11.8 Å². The fraction of sp³-hybridized carbons (Fsp3) is 0.600. The minimum absolute atomic E-state index is 0.837. The normalized spacial score (nSPS) is 23.8. The van der Waals surface area contributed by atoms with Gasteiger partial charge in [-0.3, -0.25) is 0 Å². The molecule has 0 N–H and O–H groups in total. The highest BCUT2D eigenvalue weighted by Gasteiger charge is 2.17.